The van der Waals surface area contributed by atoms with Crippen molar-refractivity contribution in [3.63, 3.8) is 0 Å². The molecule has 4 rings (SSSR count). The first-order chi connectivity index (χ1) is 17.8. The first kappa shape index (κ1) is 26.4. The Bertz CT molecular complexity index is 1190. The van der Waals surface area contributed by atoms with Gasteiger partial charge in [0.1, 0.15) is 0 Å². The summed E-state index contributed by atoms with van der Waals surface area (Å²) in [5, 5.41) is 0. The first-order valence-electron chi connectivity index (χ1n) is 12.2. The molecule has 5 heteroatoms. The molecule has 0 aliphatic rings. The van der Waals surface area contributed by atoms with Crippen molar-refractivity contribution in [2.24, 2.45) is 0 Å². The van der Waals surface area contributed by atoms with Crippen molar-refractivity contribution in [3.05, 3.63) is 144 Å². The SMILES string of the molecule is [CH3][Sn]([CH3])([CH](C(=O)c1ccccc1)C(=O)c1ccccc1)[CH](C(=O)c1ccccc1)C(=O)c1ccccc1. The van der Waals surface area contributed by atoms with E-state index in [0.29, 0.717) is 22.3 Å². The number of carbonyl (C=O) groups excluding carboxylic acids is 4. The van der Waals surface area contributed by atoms with Crippen LogP contribution in [0.15, 0.2) is 121 Å². The molecule has 0 bridgehead atoms. The van der Waals surface area contributed by atoms with E-state index in [-0.39, 0.29) is 23.1 Å². The third kappa shape index (κ3) is 5.70. The van der Waals surface area contributed by atoms with E-state index in [1.54, 1.807) is 121 Å². The van der Waals surface area contributed by atoms with E-state index >= 15 is 0 Å². The summed E-state index contributed by atoms with van der Waals surface area (Å²) in [5.74, 6) is -1.33. The van der Waals surface area contributed by atoms with Gasteiger partial charge in [-0.1, -0.05) is 0 Å². The molecule has 37 heavy (non-hydrogen) atoms. The van der Waals surface area contributed by atoms with Gasteiger partial charge >= 0.3 is 222 Å². The van der Waals surface area contributed by atoms with Crippen molar-refractivity contribution >= 4 is 41.5 Å². The van der Waals surface area contributed by atoms with Gasteiger partial charge in [-0.15, -0.1) is 0 Å². The van der Waals surface area contributed by atoms with Crippen LogP contribution in [0.5, 0.6) is 0 Å². The van der Waals surface area contributed by atoms with E-state index in [1.807, 2.05) is 9.88 Å². The predicted octanol–water partition coefficient (Wildman–Crippen LogP) is 6.97. The van der Waals surface area contributed by atoms with E-state index in [0.717, 1.165) is 0 Å². The molecule has 0 aromatic heterocycles. The fourth-order valence-electron chi connectivity index (χ4n) is 4.83. The maximum atomic E-state index is 14.0. The number of benzene rings is 4. The Morgan fingerprint density at radius 1 is 0.405 bits per heavy atom. The maximum absolute atomic E-state index is 14.0. The monoisotopic (exact) mass is 596 g/mol. The van der Waals surface area contributed by atoms with E-state index < -0.39 is 26.2 Å². The van der Waals surface area contributed by atoms with Crippen molar-refractivity contribution in [1.82, 2.24) is 0 Å². The zero-order chi connectivity index (χ0) is 26.4. The molecule has 0 radical (unpaired) electrons. The van der Waals surface area contributed by atoms with Crippen LogP contribution in [0.25, 0.3) is 0 Å². The van der Waals surface area contributed by atoms with Crippen LogP contribution in [0, 0.1) is 0 Å². The van der Waals surface area contributed by atoms with Gasteiger partial charge in [-0.3, -0.25) is 0 Å². The van der Waals surface area contributed by atoms with Crippen molar-refractivity contribution in [3.8, 4) is 0 Å². The Kier molecular flexibility index (Phi) is 8.29. The topological polar surface area (TPSA) is 68.3 Å². The molecular weight excluding hydrogens is 567 g/mol. The van der Waals surface area contributed by atoms with E-state index in [1.165, 1.54) is 0 Å². The summed E-state index contributed by atoms with van der Waals surface area (Å²) in [6, 6.07) is 34.7. The molecule has 0 atom stereocenters. The summed E-state index contributed by atoms with van der Waals surface area (Å²) < 4.78 is -2.13. The zero-order valence-electron chi connectivity index (χ0n) is 20.8. The summed E-state index contributed by atoms with van der Waals surface area (Å²) in [7, 11) is 0. The zero-order valence-corrected chi connectivity index (χ0v) is 23.7. The fraction of sp³-hybridized carbons (Fsp3) is 0.125. The second kappa shape index (κ2) is 11.6. The van der Waals surface area contributed by atoms with Gasteiger partial charge in [-0.25, -0.2) is 0 Å². The summed E-state index contributed by atoms with van der Waals surface area (Å²) in [4.78, 5) is 59.9. The molecule has 0 aliphatic heterocycles. The first-order valence-corrected chi connectivity index (χ1v) is 21.2. The van der Waals surface area contributed by atoms with Gasteiger partial charge in [0.15, 0.2) is 0 Å². The Morgan fingerprint density at radius 3 is 0.784 bits per heavy atom. The van der Waals surface area contributed by atoms with E-state index in [4.69, 9.17) is 0 Å². The molecule has 0 unspecified atom stereocenters. The van der Waals surface area contributed by atoms with Crippen LogP contribution in [0.2, 0.25) is 17.7 Å². The second-order valence-electron chi connectivity index (χ2n) is 9.61. The van der Waals surface area contributed by atoms with Gasteiger partial charge in [0.25, 0.3) is 0 Å². The van der Waals surface area contributed by atoms with Crippen molar-refractivity contribution in [2.45, 2.75) is 17.7 Å². The summed E-state index contributed by atoms with van der Waals surface area (Å²) in [6.45, 7) is 0. The molecule has 0 heterocycles. The average Bonchev–Trinajstić information content (AvgIpc) is 2.94. The van der Waals surface area contributed by atoms with Crippen LogP contribution in [0.4, 0.5) is 0 Å². The van der Waals surface area contributed by atoms with Crippen LogP contribution < -0.4 is 0 Å². The normalized spacial score (nSPS) is 11.4. The Balaban J connectivity index is 1.90. The fourth-order valence-corrected chi connectivity index (χ4v) is 15.4. The number of Topliss-reactive ketones (excluding diaryl/α,β-unsaturated/α-hetero) is 4. The molecular formula is C32H28O4Sn. The van der Waals surface area contributed by atoms with Gasteiger partial charge in [0, 0.05) is 0 Å². The Morgan fingerprint density at radius 2 is 0.595 bits per heavy atom. The van der Waals surface area contributed by atoms with E-state index in [2.05, 4.69) is 0 Å². The molecule has 4 nitrogen and oxygen atoms in total. The van der Waals surface area contributed by atoms with Crippen LogP contribution in [-0.4, -0.2) is 41.5 Å². The molecule has 0 N–H and O–H groups in total. The Labute approximate surface area is 221 Å². The van der Waals surface area contributed by atoms with Crippen LogP contribution in [0.1, 0.15) is 41.4 Å². The number of hydrogen-bond acceptors (Lipinski definition) is 4. The summed E-state index contributed by atoms with van der Waals surface area (Å²) in [5.41, 5.74) is 1.61. The molecule has 0 saturated carbocycles. The van der Waals surface area contributed by atoms with Crippen LogP contribution >= 0.6 is 0 Å². The molecule has 0 saturated heterocycles. The number of carbonyl (C=O) groups is 4. The quantitative estimate of drug-likeness (QED) is 0.113. The van der Waals surface area contributed by atoms with Gasteiger partial charge in [0.05, 0.1) is 0 Å². The molecule has 0 spiro atoms. The molecule has 0 fully saturated rings. The third-order valence-corrected chi connectivity index (χ3v) is 18.3. The van der Waals surface area contributed by atoms with Crippen LogP contribution in [-0.2, 0) is 0 Å². The van der Waals surface area contributed by atoms with Crippen LogP contribution in [0.3, 0.4) is 0 Å². The third-order valence-electron chi connectivity index (χ3n) is 6.77. The molecule has 0 aliphatic carbocycles. The summed E-state index contributed by atoms with van der Waals surface area (Å²) in [6.07, 6.45) is 0. The summed E-state index contributed by atoms with van der Waals surface area (Å²) >= 11 is -4.36. The van der Waals surface area contributed by atoms with Gasteiger partial charge in [-0.05, 0) is 0 Å². The second-order valence-corrected chi connectivity index (χ2v) is 23.3. The predicted molar refractivity (Wildman–Crippen MR) is 148 cm³/mol. The number of ketones is 4. The molecule has 4 aromatic rings. The van der Waals surface area contributed by atoms with E-state index in [9.17, 15) is 19.2 Å². The van der Waals surface area contributed by atoms with Gasteiger partial charge in [0.2, 0.25) is 0 Å². The molecule has 184 valence electrons. The van der Waals surface area contributed by atoms with Crippen molar-refractivity contribution in [1.29, 1.82) is 0 Å². The Hall–Kier alpha value is -3.64. The van der Waals surface area contributed by atoms with Gasteiger partial charge in [-0.2, -0.15) is 0 Å². The van der Waals surface area contributed by atoms with Crippen molar-refractivity contribution < 1.29 is 19.2 Å². The average molecular weight is 595 g/mol. The molecule has 0 amide bonds. The minimum atomic E-state index is -4.36. The number of hydrogen-bond donors (Lipinski definition) is 0. The minimum absolute atomic E-state index is 0.332. The van der Waals surface area contributed by atoms with Gasteiger partial charge < -0.3 is 0 Å². The standard InChI is InChI=1S/2C15H11O2.2CH3.Sn/c2*16-14(12-7-3-1-4-8-12)11-15(17)13-9-5-2-6-10-13;;;/h2*1-11H;2*1H3;. The van der Waals surface area contributed by atoms with Crippen molar-refractivity contribution in [2.75, 3.05) is 0 Å². The molecule has 4 aromatic carbocycles. The number of rotatable bonds is 10.